The van der Waals surface area contributed by atoms with Crippen LogP contribution >= 0.6 is 0 Å². The summed E-state index contributed by atoms with van der Waals surface area (Å²) in [6, 6.07) is 0. The molecule has 0 spiro atoms. The first-order valence-electron chi connectivity index (χ1n) is 6.88. The third kappa shape index (κ3) is 13.0. The number of aliphatic hydroxyl groups excluding tert-OH is 1. The van der Waals surface area contributed by atoms with Gasteiger partial charge in [0.2, 0.25) is 0 Å². The normalized spacial score (nSPS) is 11.6. The average Bonchev–Trinajstić information content (AvgIpc) is 2.30. The predicted molar refractivity (Wildman–Crippen MR) is 72.9 cm³/mol. The van der Waals surface area contributed by atoms with Gasteiger partial charge in [0.15, 0.2) is 0 Å². The summed E-state index contributed by atoms with van der Waals surface area (Å²) >= 11 is 0. The van der Waals surface area contributed by atoms with Crippen LogP contribution in [0.3, 0.4) is 0 Å². The van der Waals surface area contributed by atoms with Crippen molar-refractivity contribution in [3.8, 4) is 0 Å². The van der Waals surface area contributed by atoms with Gasteiger partial charge < -0.3 is 15.6 Å². The van der Waals surface area contributed by atoms with E-state index >= 15 is 0 Å². The Labute approximate surface area is 110 Å². The Bertz CT molecular complexity index is 235. The second-order valence-corrected chi connectivity index (χ2v) is 4.61. The molecular weight excluding hydrogens is 230 g/mol. The van der Waals surface area contributed by atoms with Gasteiger partial charge in [0.1, 0.15) is 0 Å². The molecule has 0 atom stereocenters. The number of rotatable bonds is 11. The minimum atomic E-state index is -0.348. The number of hydrogen-bond donors (Lipinski definition) is 2. The minimum absolute atomic E-state index is 0.308. The molecule has 0 amide bonds. The number of carbonyl (C=O) groups is 1. The molecule has 0 aromatic carbocycles. The molecule has 4 heteroatoms. The van der Waals surface area contributed by atoms with Crippen LogP contribution in [0.1, 0.15) is 58.3 Å². The van der Waals surface area contributed by atoms with Crippen molar-refractivity contribution in [1.29, 1.82) is 0 Å². The molecule has 0 radical (unpaired) electrons. The fourth-order valence-corrected chi connectivity index (χ4v) is 1.67. The highest BCUT2D eigenvalue weighted by Crippen LogP contribution is 2.08. The van der Waals surface area contributed by atoms with E-state index in [1.165, 1.54) is 31.8 Å². The van der Waals surface area contributed by atoms with E-state index in [0.29, 0.717) is 18.9 Å². The summed E-state index contributed by atoms with van der Waals surface area (Å²) in [5, 5.41) is 8.61. The molecule has 0 aromatic heterocycles. The van der Waals surface area contributed by atoms with Crippen molar-refractivity contribution in [3.63, 3.8) is 0 Å². The molecule has 4 nitrogen and oxygen atoms in total. The van der Waals surface area contributed by atoms with E-state index in [9.17, 15) is 4.79 Å². The first-order chi connectivity index (χ1) is 8.66. The van der Waals surface area contributed by atoms with Gasteiger partial charge in [0.05, 0.1) is 6.61 Å². The SMILES string of the molecule is C/C(N)=C\C(=O)OCCCCCCCCCCO. The van der Waals surface area contributed by atoms with E-state index in [2.05, 4.69) is 0 Å². The van der Waals surface area contributed by atoms with Crippen LogP contribution in [0.4, 0.5) is 0 Å². The Hall–Kier alpha value is -1.03. The summed E-state index contributed by atoms with van der Waals surface area (Å²) in [4.78, 5) is 11.1. The molecule has 0 unspecified atom stereocenters. The molecule has 0 aliphatic heterocycles. The van der Waals surface area contributed by atoms with Crippen molar-refractivity contribution in [2.75, 3.05) is 13.2 Å². The highest BCUT2D eigenvalue weighted by molar-refractivity contribution is 5.82. The molecule has 18 heavy (non-hydrogen) atoms. The Morgan fingerprint density at radius 1 is 1.06 bits per heavy atom. The van der Waals surface area contributed by atoms with Gasteiger partial charge in [-0.05, 0) is 19.8 Å². The lowest BCUT2D eigenvalue weighted by molar-refractivity contribution is -0.137. The summed E-state index contributed by atoms with van der Waals surface area (Å²) in [5.74, 6) is -0.348. The number of allylic oxidation sites excluding steroid dienone is 1. The van der Waals surface area contributed by atoms with E-state index in [4.69, 9.17) is 15.6 Å². The molecule has 106 valence electrons. The number of aliphatic hydroxyl groups is 1. The Balaban J connectivity index is 3.16. The summed E-state index contributed by atoms with van der Waals surface area (Å²) in [7, 11) is 0. The van der Waals surface area contributed by atoms with E-state index in [1.54, 1.807) is 6.92 Å². The third-order valence-corrected chi connectivity index (χ3v) is 2.64. The van der Waals surface area contributed by atoms with Crippen molar-refractivity contribution >= 4 is 5.97 Å². The van der Waals surface area contributed by atoms with E-state index in [1.807, 2.05) is 0 Å². The smallest absolute Gasteiger partial charge is 0.332 e. The molecule has 0 saturated carbocycles. The second-order valence-electron chi connectivity index (χ2n) is 4.61. The number of unbranched alkanes of at least 4 members (excludes halogenated alkanes) is 7. The Morgan fingerprint density at radius 2 is 1.56 bits per heavy atom. The van der Waals surface area contributed by atoms with Crippen LogP contribution in [0.25, 0.3) is 0 Å². The zero-order valence-electron chi connectivity index (χ0n) is 11.5. The average molecular weight is 257 g/mol. The lowest BCUT2D eigenvalue weighted by atomic mass is 10.1. The number of carbonyl (C=O) groups excluding carboxylic acids is 1. The maximum atomic E-state index is 11.1. The van der Waals surface area contributed by atoms with E-state index in [0.717, 1.165) is 25.7 Å². The summed E-state index contributed by atoms with van der Waals surface area (Å²) in [6.07, 6.45) is 10.2. The maximum absolute atomic E-state index is 11.1. The molecule has 0 fully saturated rings. The van der Waals surface area contributed by atoms with Crippen LogP contribution in [0.2, 0.25) is 0 Å². The monoisotopic (exact) mass is 257 g/mol. The van der Waals surface area contributed by atoms with Crippen LogP contribution in [0.5, 0.6) is 0 Å². The zero-order valence-corrected chi connectivity index (χ0v) is 11.5. The number of esters is 1. The summed E-state index contributed by atoms with van der Waals surface area (Å²) in [6.45, 7) is 2.45. The molecule has 0 saturated heterocycles. The highest BCUT2D eigenvalue weighted by Gasteiger charge is 1.97. The van der Waals surface area contributed by atoms with Crippen molar-refractivity contribution in [2.24, 2.45) is 5.73 Å². The van der Waals surface area contributed by atoms with Crippen molar-refractivity contribution in [2.45, 2.75) is 58.3 Å². The Kier molecular flexibility index (Phi) is 11.7. The highest BCUT2D eigenvalue weighted by atomic mass is 16.5. The van der Waals surface area contributed by atoms with Gasteiger partial charge in [-0.15, -0.1) is 0 Å². The fraction of sp³-hybridized carbons (Fsp3) is 0.786. The van der Waals surface area contributed by atoms with E-state index < -0.39 is 0 Å². The minimum Gasteiger partial charge on any atom is -0.462 e. The van der Waals surface area contributed by atoms with Crippen LogP contribution in [0.15, 0.2) is 11.8 Å². The molecule has 0 aromatic rings. The topological polar surface area (TPSA) is 72.6 Å². The summed E-state index contributed by atoms with van der Waals surface area (Å²) < 4.78 is 4.99. The molecule has 0 bridgehead atoms. The van der Waals surface area contributed by atoms with E-state index in [-0.39, 0.29) is 5.97 Å². The van der Waals surface area contributed by atoms with Crippen LogP contribution in [-0.2, 0) is 9.53 Å². The van der Waals surface area contributed by atoms with Crippen molar-refractivity contribution < 1.29 is 14.6 Å². The molecule has 0 rings (SSSR count). The first kappa shape index (κ1) is 17.0. The number of hydrogen-bond acceptors (Lipinski definition) is 4. The quantitative estimate of drug-likeness (QED) is 0.339. The molecule has 0 aliphatic rings. The van der Waals surface area contributed by atoms with Crippen molar-refractivity contribution in [3.05, 3.63) is 11.8 Å². The molecular formula is C14H27NO3. The van der Waals surface area contributed by atoms with Gasteiger partial charge in [-0.1, -0.05) is 38.5 Å². The zero-order chi connectivity index (χ0) is 13.6. The molecule has 0 aliphatic carbocycles. The predicted octanol–water partition coefficient (Wildman–Crippen LogP) is 2.51. The van der Waals surface area contributed by atoms with Gasteiger partial charge in [0.25, 0.3) is 0 Å². The summed E-state index contributed by atoms with van der Waals surface area (Å²) in [5.41, 5.74) is 5.83. The molecule has 3 N–H and O–H groups in total. The van der Waals surface area contributed by atoms with Gasteiger partial charge >= 0.3 is 5.97 Å². The third-order valence-electron chi connectivity index (χ3n) is 2.64. The van der Waals surface area contributed by atoms with Gasteiger partial charge in [-0.3, -0.25) is 0 Å². The lowest BCUT2D eigenvalue weighted by Gasteiger charge is -2.03. The van der Waals surface area contributed by atoms with Gasteiger partial charge in [0, 0.05) is 18.4 Å². The largest absolute Gasteiger partial charge is 0.462 e. The second kappa shape index (κ2) is 12.4. The number of ether oxygens (including phenoxy) is 1. The fourth-order valence-electron chi connectivity index (χ4n) is 1.67. The van der Waals surface area contributed by atoms with Crippen molar-refractivity contribution in [1.82, 2.24) is 0 Å². The lowest BCUT2D eigenvalue weighted by Crippen LogP contribution is -2.05. The van der Waals surface area contributed by atoms with Gasteiger partial charge in [-0.2, -0.15) is 0 Å². The molecule has 0 heterocycles. The maximum Gasteiger partial charge on any atom is 0.332 e. The van der Waals surface area contributed by atoms with Crippen LogP contribution < -0.4 is 5.73 Å². The first-order valence-corrected chi connectivity index (χ1v) is 6.88. The van der Waals surface area contributed by atoms with Crippen LogP contribution in [0, 0.1) is 0 Å². The standard InChI is InChI=1S/C14H27NO3/c1-13(15)12-14(17)18-11-9-7-5-3-2-4-6-8-10-16/h12,16H,2-11,15H2,1H3/b13-12+. The number of nitrogens with two attached hydrogens (primary N) is 1. The van der Waals surface area contributed by atoms with Gasteiger partial charge in [-0.25, -0.2) is 4.79 Å². The van der Waals surface area contributed by atoms with Crippen LogP contribution in [-0.4, -0.2) is 24.3 Å². The Morgan fingerprint density at radius 3 is 2.06 bits per heavy atom.